The standard InChI is InChI=1S/C15H17N3O2S/c1-21(19,20)14-3-2-6-17-15(14)18-8-11-4-5-12-9-16-10-13(12)7-11/h2-7,16H,8-10H2,1H3,(H,17,18). The molecule has 0 fully saturated rings. The fraction of sp³-hybridized carbons (Fsp3) is 0.267. The van der Waals surface area contributed by atoms with E-state index in [2.05, 4.69) is 33.8 Å². The fourth-order valence-electron chi connectivity index (χ4n) is 2.47. The molecule has 1 aliphatic rings. The molecule has 0 amide bonds. The molecule has 2 aromatic rings. The van der Waals surface area contributed by atoms with Crippen LogP contribution in [0.4, 0.5) is 5.82 Å². The van der Waals surface area contributed by atoms with Crippen LogP contribution in [-0.2, 0) is 29.5 Å². The molecule has 1 aromatic heterocycles. The van der Waals surface area contributed by atoms with E-state index in [1.807, 2.05) is 0 Å². The average Bonchev–Trinajstić information content (AvgIpc) is 2.92. The number of anilines is 1. The monoisotopic (exact) mass is 303 g/mol. The van der Waals surface area contributed by atoms with Gasteiger partial charge in [-0.3, -0.25) is 0 Å². The molecule has 0 atom stereocenters. The van der Waals surface area contributed by atoms with Gasteiger partial charge < -0.3 is 10.6 Å². The Bertz CT molecular complexity index is 772. The number of benzene rings is 1. The maximum Gasteiger partial charge on any atom is 0.179 e. The van der Waals surface area contributed by atoms with E-state index >= 15 is 0 Å². The van der Waals surface area contributed by atoms with E-state index in [1.54, 1.807) is 18.3 Å². The number of sulfone groups is 1. The van der Waals surface area contributed by atoms with Gasteiger partial charge in [-0.05, 0) is 28.8 Å². The highest BCUT2D eigenvalue weighted by atomic mass is 32.2. The molecule has 1 aliphatic heterocycles. The van der Waals surface area contributed by atoms with Crippen molar-refractivity contribution in [3.05, 3.63) is 53.2 Å². The Morgan fingerprint density at radius 3 is 2.86 bits per heavy atom. The van der Waals surface area contributed by atoms with E-state index in [4.69, 9.17) is 0 Å². The van der Waals surface area contributed by atoms with E-state index < -0.39 is 9.84 Å². The maximum absolute atomic E-state index is 11.7. The zero-order chi connectivity index (χ0) is 14.9. The first-order chi connectivity index (χ1) is 10.0. The number of nitrogens with one attached hydrogen (secondary N) is 2. The smallest absolute Gasteiger partial charge is 0.179 e. The van der Waals surface area contributed by atoms with Crippen molar-refractivity contribution in [3.63, 3.8) is 0 Å². The molecule has 0 radical (unpaired) electrons. The first-order valence-corrected chi connectivity index (χ1v) is 8.63. The molecular formula is C15H17N3O2S. The van der Waals surface area contributed by atoms with Crippen LogP contribution in [-0.4, -0.2) is 19.7 Å². The zero-order valence-electron chi connectivity index (χ0n) is 11.8. The van der Waals surface area contributed by atoms with Gasteiger partial charge in [0.1, 0.15) is 10.7 Å². The number of nitrogens with zero attached hydrogens (tertiary/aromatic N) is 1. The van der Waals surface area contributed by atoms with Crippen LogP contribution >= 0.6 is 0 Å². The molecule has 0 saturated carbocycles. The average molecular weight is 303 g/mol. The van der Waals surface area contributed by atoms with Crippen LogP contribution in [0.3, 0.4) is 0 Å². The lowest BCUT2D eigenvalue weighted by atomic mass is 10.1. The molecule has 0 bridgehead atoms. The molecule has 1 aromatic carbocycles. The maximum atomic E-state index is 11.7. The second-order valence-corrected chi connectivity index (χ2v) is 7.17. The Kier molecular flexibility index (Phi) is 3.65. The van der Waals surface area contributed by atoms with Gasteiger partial charge in [-0.2, -0.15) is 0 Å². The van der Waals surface area contributed by atoms with Gasteiger partial charge in [0.2, 0.25) is 0 Å². The Morgan fingerprint density at radius 1 is 1.24 bits per heavy atom. The van der Waals surface area contributed by atoms with Crippen LogP contribution < -0.4 is 10.6 Å². The minimum atomic E-state index is -3.28. The second-order valence-electron chi connectivity index (χ2n) is 5.18. The summed E-state index contributed by atoms with van der Waals surface area (Å²) in [7, 11) is -3.28. The Morgan fingerprint density at radius 2 is 2.05 bits per heavy atom. The van der Waals surface area contributed by atoms with Crippen LogP contribution in [0.25, 0.3) is 0 Å². The van der Waals surface area contributed by atoms with Crippen molar-refractivity contribution >= 4 is 15.7 Å². The van der Waals surface area contributed by atoms with Gasteiger partial charge in [0, 0.05) is 32.1 Å². The van der Waals surface area contributed by atoms with E-state index in [9.17, 15) is 8.42 Å². The normalized spacial score (nSPS) is 14.0. The predicted octanol–water partition coefficient (Wildman–Crippen LogP) is 1.70. The van der Waals surface area contributed by atoms with E-state index in [-0.39, 0.29) is 4.90 Å². The van der Waals surface area contributed by atoms with Gasteiger partial charge >= 0.3 is 0 Å². The van der Waals surface area contributed by atoms with E-state index in [0.717, 1.165) is 18.7 Å². The quantitative estimate of drug-likeness (QED) is 0.899. The molecule has 0 spiro atoms. The SMILES string of the molecule is CS(=O)(=O)c1cccnc1NCc1ccc2c(c1)CNC2. The summed E-state index contributed by atoms with van der Waals surface area (Å²) in [4.78, 5) is 4.36. The zero-order valence-corrected chi connectivity index (χ0v) is 12.6. The van der Waals surface area contributed by atoms with Gasteiger partial charge in [-0.1, -0.05) is 18.2 Å². The molecule has 0 saturated heterocycles. The molecule has 5 nitrogen and oxygen atoms in total. The highest BCUT2D eigenvalue weighted by Gasteiger charge is 2.14. The van der Waals surface area contributed by atoms with Gasteiger partial charge in [0.05, 0.1) is 0 Å². The van der Waals surface area contributed by atoms with Crippen LogP contribution in [0, 0.1) is 0 Å². The summed E-state index contributed by atoms with van der Waals surface area (Å²) in [5.41, 5.74) is 3.75. The molecule has 3 rings (SSSR count). The molecule has 110 valence electrons. The summed E-state index contributed by atoms with van der Waals surface area (Å²) in [6.45, 7) is 2.36. The lowest BCUT2D eigenvalue weighted by Crippen LogP contribution is -2.08. The number of rotatable bonds is 4. The van der Waals surface area contributed by atoms with Crippen molar-refractivity contribution in [2.75, 3.05) is 11.6 Å². The molecule has 6 heteroatoms. The minimum Gasteiger partial charge on any atom is -0.365 e. The fourth-order valence-corrected chi connectivity index (χ4v) is 3.27. The summed E-state index contributed by atoms with van der Waals surface area (Å²) >= 11 is 0. The Hall–Kier alpha value is -1.92. The minimum absolute atomic E-state index is 0.229. The first kappa shape index (κ1) is 14.0. The number of fused-ring (bicyclic) bond motifs is 1. The summed E-state index contributed by atoms with van der Waals surface area (Å²) in [5.74, 6) is 0.402. The summed E-state index contributed by atoms with van der Waals surface area (Å²) in [6, 6.07) is 9.51. The van der Waals surface area contributed by atoms with Crippen molar-refractivity contribution in [2.45, 2.75) is 24.5 Å². The molecular weight excluding hydrogens is 286 g/mol. The topological polar surface area (TPSA) is 71.1 Å². The van der Waals surface area contributed by atoms with Gasteiger partial charge in [0.25, 0.3) is 0 Å². The van der Waals surface area contributed by atoms with Gasteiger partial charge in [-0.25, -0.2) is 13.4 Å². The lowest BCUT2D eigenvalue weighted by molar-refractivity contribution is 0.601. The van der Waals surface area contributed by atoms with E-state index in [1.165, 1.54) is 17.4 Å². The van der Waals surface area contributed by atoms with Crippen molar-refractivity contribution in [1.29, 1.82) is 0 Å². The van der Waals surface area contributed by atoms with Crippen molar-refractivity contribution in [2.24, 2.45) is 0 Å². The van der Waals surface area contributed by atoms with E-state index in [0.29, 0.717) is 12.4 Å². The number of hydrogen-bond acceptors (Lipinski definition) is 5. The van der Waals surface area contributed by atoms with Crippen molar-refractivity contribution in [3.8, 4) is 0 Å². The largest absolute Gasteiger partial charge is 0.365 e. The van der Waals surface area contributed by atoms with Gasteiger partial charge in [0.15, 0.2) is 9.84 Å². The second kappa shape index (κ2) is 5.46. The van der Waals surface area contributed by atoms with Crippen LogP contribution in [0.5, 0.6) is 0 Å². The molecule has 21 heavy (non-hydrogen) atoms. The van der Waals surface area contributed by atoms with Crippen LogP contribution in [0.2, 0.25) is 0 Å². The molecule has 0 unspecified atom stereocenters. The first-order valence-electron chi connectivity index (χ1n) is 6.74. The highest BCUT2D eigenvalue weighted by molar-refractivity contribution is 7.90. The van der Waals surface area contributed by atoms with Crippen molar-refractivity contribution < 1.29 is 8.42 Å². The summed E-state index contributed by atoms with van der Waals surface area (Å²) < 4.78 is 23.5. The van der Waals surface area contributed by atoms with Crippen LogP contribution in [0.1, 0.15) is 16.7 Å². The third-order valence-corrected chi connectivity index (χ3v) is 4.66. The highest BCUT2D eigenvalue weighted by Crippen LogP contribution is 2.20. The summed E-state index contributed by atoms with van der Waals surface area (Å²) in [6.07, 6.45) is 2.78. The Labute approximate surface area is 124 Å². The lowest BCUT2D eigenvalue weighted by Gasteiger charge is -2.10. The third kappa shape index (κ3) is 3.06. The number of hydrogen-bond donors (Lipinski definition) is 2. The predicted molar refractivity (Wildman–Crippen MR) is 81.7 cm³/mol. The molecule has 2 N–H and O–H groups in total. The molecule has 0 aliphatic carbocycles. The molecule has 2 heterocycles. The van der Waals surface area contributed by atoms with Gasteiger partial charge in [-0.15, -0.1) is 0 Å². The van der Waals surface area contributed by atoms with Crippen LogP contribution in [0.15, 0.2) is 41.4 Å². The number of aromatic nitrogens is 1. The third-order valence-electron chi connectivity index (χ3n) is 3.53. The van der Waals surface area contributed by atoms with Crippen molar-refractivity contribution in [1.82, 2.24) is 10.3 Å². The number of pyridine rings is 1. The Balaban J connectivity index is 1.80. The summed E-state index contributed by atoms with van der Waals surface area (Å²) in [5, 5.41) is 6.42.